The number of hydrogen-bond acceptors (Lipinski definition) is 6. The Morgan fingerprint density at radius 1 is 1.16 bits per heavy atom. The summed E-state index contributed by atoms with van der Waals surface area (Å²) >= 11 is 0. The maximum atomic E-state index is 13.2. The van der Waals surface area contributed by atoms with Crippen LogP contribution in [0.15, 0.2) is 48.7 Å². The quantitative estimate of drug-likeness (QED) is 0.460. The van der Waals surface area contributed by atoms with Gasteiger partial charge in [0.25, 0.3) is 0 Å². The maximum Gasteiger partial charge on any atom is 0.490 e. The minimum Gasteiger partial charge on any atom is -0.475 e. The summed E-state index contributed by atoms with van der Waals surface area (Å²) in [5.74, 6) is -3.61. The lowest BCUT2D eigenvalue weighted by atomic mass is 9.81. The van der Waals surface area contributed by atoms with Crippen LogP contribution in [0.1, 0.15) is 37.9 Å². The van der Waals surface area contributed by atoms with Crippen molar-refractivity contribution in [3.63, 3.8) is 0 Å². The highest BCUT2D eigenvalue weighted by Gasteiger charge is 2.55. The van der Waals surface area contributed by atoms with E-state index in [4.69, 9.17) is 15.6 Å². The lowest BCUT2D eigenvalue weighted by molar-refractivity contribution is -0.192. The molecular formula is C25H30F3N5O5. The Balaban J connectivity index is 0.000000638. The summed E-state index contributed by atoms with van der Waals surface area (Å²) in [5.41, 5.74) is 7.48. The number of benzene rings is 1. The molecular weight excluding hydrogens is 507 g/mol. The number of urea groups is 1. The molecule has 2 aromatic rings. The van der Waals surface area contributed by atoms with Crippen molar-refractivity contribution in [1.82, 2.24) is 20.1 Å². The standard InChI is InChI=1S/C23H29N5O3.C2HF3O2/c1-4-27(5-2)22(30)20-18(13-16-11-12-25-19(24)14-16)21(29)28(20)23(31)26-15(3)17-9-7-6-8-10-17;3-2(4,5)1(6)7/h6-12,14-15,18,20H,4-5,13H2,1-3H3,(H2,24,25)(H,26,31);(H,6,7)/t15-,18-,20+;/m1./s1. The van der Waals surface area contributed by atoms with Crippen LogP contribution >= 0.6 is 0 Å². The summed E-state index contributed by atoms with van der Waals surface area (Å²) in [6.07, 6.45) is -3.19. The van der Waals surface area contributed by atoms with Crippen LogP contribution in [0.5, 0.6) is 0 Å². The van der Waals surface area contributed by atoms with Gasteiger partial charge in [-0.3, -0.25) is 14.5 Å². The molecule has 206 valence electrons. The number of nitrogen functional groups attached to an aromatic ring is 1. The predicted octanol–water partition coefficient (Wildman–Crippen LogP) is 3.01. The molecule has 38 heavy (non-hydrogen) atoms. The fourth-order valence-corrected chi connectivity index (χ4v) is 3.93. The summed E-state index contributed by atoms with van der Waals surface area (Å²) < 4.78 is 31.7. The molecule has 0 aliphatic carbocycles. The number of imide groups is 1. The first kappa shape index (κ1) is 30.1. The lowest BCUT2D eigenvalue weighted by Gasteiger charge is -2.46. The SMILES string of the molecule is CCN(CC)C(=O)[C@@H]1[C@@H](Cc2ccnc(N)c2)C(=O)N1C(=O)N[C@H](C)c1ccccc1.O=C(O)C(F)(F)F. The van der Waals surface area contributed by atoms with E-state index >= 15 is 0 Å². The van der Waals surface area contributed by atoms with Gasteiger partial charge < -0.3 is 21.1 Å². The largest absolute Gasteiger partial charge is 0.490 e. The van der Waals surface area contributed by atoms with Crippen molar-refractivity contribution < 1.29 is 37.5 Å². The normalized spacial score (nSPS) is 17.4. The van der Waals surface area contributed by atoms with Gasteiger partial charge in [-0.15, -0.1) is 0 Å². The van der Waals surface area contributed by atoms with Crippen molar-refractivity contribution in [2.75, 3.05) is 18.8 Å². The summed E-state index contributed by atoms with van der Waals surface area (Å²) in [4.78, 5) is 54.7. The van der Waals surface area contributed by atoms with Gasteiger partial charge in [-0.05, 0) is 50.5 Å². The van der Waals surface area contributed by atoms with Crippen LogP contribution in [0.2, 0.25) is 0 Å². The minimum atomic E-state index is -5.08. The number of rotatable bonds is 7. The van der Waals surface area contributed by atoms with Gasteiger partial charge in [-0.1, -0.05) is 30.3 Å². The van der Waals surface area contributed by atoms with Crippen molar-refractivity contribution in [2.45, 2.75) is 45.5 Å². The van der Waals surface area contributed by atoms with Crippen LogP contribution in [0.3, 0.4) is 0 Å². The Labute approximate surface area is 217 Å². The molecule has 0 bridgehead atoms. The number of carboxylic acid groups (broad SMARTS) is 1. The van der Waals surface area contributed by atoms with E-state index in [1.165, 1.54) is 0 Å². The Morgan fingerprint density at radius 2 is 1.74 bits per heavy atom. The zero-order chi connectivity index (χ0) is 28.6. The number of aliphatic carboxylic acids is 1. The smallest absolute Gasteiger partial charge is 0.475 e. The van der Waals surface area contributed by atoms with E-state index in [9.17, 15) is 27.6 Å². The number of likely N-dealkylation sites (N-methyl/N-ethyl adjacent to an activating group) is 1. The second kappa shape index (κ2) is 12.9. The fraction of sp³-hybridized carbons (Fsp3) is 0.400. The first-order valence-electron chi connectivity index (χ1n) is 11.8. The molecule has 3 atom stereocenters. The predicted molar refractivity (Wildman–Crippen MR) is 131 cm³/mol. The zero-order valence-electron chi connectivity index (χ0n) is 21.1. The summed E-state index contributed by atoms with van der Waals surface area (Å²) in [6, 6.07) is 11.2. The third kappa shape index (κ3) is 7.43. The Kier molecular flexibility index (Phi) is 10.2. The molecule has 0 radical (unpaired) electrons. The molecule has 4 amide bonds. The van der Waals surface area contributed by atoms with Gasteiger partial charge in [0.15, 0.2) is 0 Å². The molecule has 0 saturated carbocycles. The second-order valence-corrected chi connectivity index (χ2v) is 8.45. The Hall–Kier alpha value is -4.16. The number of aromatic nitrogens is 1. The molecule has 1 saturated heterocycles. The van der Waals surface area contributed by atoms with E-state index in [-0.39, 0.29) is 17.9 Å². The number of carboxylic acids is 1. The highest BCUT2D eigenvalue weighted by Crippen LogP contribution is 2.32. The number of nitrogens with one attached hydrogen (secondary N) is 1. The molecule has 4 N–H and O–H groups in total. The maximum absolute atomic E-state index is 13.2. The molecule has 1 fully saturated rings. The number of hydrogen-bond donors (Lipinski definition) is 3. The molecule has 2 heterocycles. The van der Waals surface area contributed by atoms with Gasteiger partial charge in [0, 0.05) is 19.3 Å². The molecule has 0 spiro atoms. The number of β-lactam (4-membered cyclic amide) rings is 1. The monoisotopic (exact) mass is 537 g/mol. The van der Waals surface area contributed by atoms with E-state index < -0.39 is 30.1 Å². The van der Waals surface area contributed by atoms with Crippen molar-refractivity contribution in [3.05, 3.63) is 59.8 Å². The number of pyridine rings is 1. The molecule has 3 rings (SSSR count). The second-order valence-electron chi connectivity index (χ2n) is 8.45. The topological polar surface area (TPSA) is 146 Å². The molecule has 1 aliphatic heterocycles. The Bertz CT molecular complexity index is 1140. The van der Waals surface area contributed by atoms with Crippen molar-refractivity contribution in [3.8, 4) is 0 Å². The molecule has 13 heteroatoms. The van der Waals surface area contributed by atoms with Gasteiger partial charge >= 0.3 is 18.2 Å². The molecule has 1 aliphatic rings. The molecule has 1 aromatic heterocycles. The number of anilines is 1. The van der Waals surface area contributed by atoms with Crippen LogP contribution in [-0.2, 0) is 20.8 Å². The minimum absolute atomic E-state index is 0.223. The summed E-state index contributed by atoms with van der Waals surface area (Å²) in [7, 11) is 0. The van der Waals surface area contributed by atoms with Gasteiger partial charge in [0.05, 0.1) is 12.0 Å². The number of nitrogens with two attached hydrogens (primary N) is 1. The molecule has 10 nitrogen and oxygen atoms in total. The number of likely N-dealkylation sites (tertiary alicyclic amines) is 1. The van der Waals surface area contributed by atoms with Gasteiger partial charge in [-0.25, -0.2) is 14.6 Å². The van der Waals surface area contributed by atoms with Crippen molar-refractivity contribution in [2.24, 2.45) is 5.92 Å². The summed E-state index contributed by atoms with van der Waals surface area (Å²) in [5, 5.41) is 9.97. The van der Waals surface area contributed by atoms with Gasteiger partial charge in [0.2, 0.25) is 11.8 Å². The third-order valence-electron chi connectivity index (χ3n) is 5.94. The van der Waals surface area contributed by atoms with E-state index in [1.807, 2.05) is 51.1 Å². The first-order valence-corrected chi connectivity index (χ1v) is 11.8. The fourth-order valence-electron chi connectivity index (χ4n) is 3.93. The third-order valence-corrected chi connectivity index (χ3v) is 5.94. The van der Waals surface area contributed by atoms with E-state index in [0.29, 0.717) is 25.3 Å². The summed E-state index contributed by atoms with van der Waals surface area (Å²) in [6.45, 7) is 6.61. The number of alkyl halides is 3. The van der Waals surface area contributed by atoms with Crippen LogP contribution in [0.4, 0.5) is 23.8 Å². The van der Waals surface area contributed by atoms with E-state index in [0.717, 1.165) is 16.0 Å². The lowest BCUT2D eigenvalue weighted by Crippen LogP contribution is -2.70. The number of carbonyl (C=O) groups excluding carboxylic acids is 3. The highest BCUT2D eigenvalue weighted by molar-refractivity contribution is 6.09. The number of nitrogens with zero attached hydrogens (tertiary/aromatic N) is 3. The van der Waals surface area contributed by atoms with Crippen molar-refractivity contribution >= 4 is 29.6 Å². The number of carbonyl (C=O) groups is 4. The van der Waals surface area contributed by atoms with Gasteiger partial charge in [0.1, 0.15) is 11.9 Å². The number of halogens is 3. The van der Waals surface area contributed by atoms with Crippen LogP contribution in [0, 0.1) is 5.92 Å². The average molecular weight is 538 g/mol. The van der Waals surface area contributed by atoms with Crippen LogP contribution in [0.25, 0.3) is 0 Å². The average Bonchev–Trinajstić information content (AvgIpc) is 2.86. The first-order chi connectivity index (χ1) is 17.8. The molecule has 1 aromatic carbocycles. The number of amides is 4. The van der Waals surface area contributed by atoms with E-state index in [1.54, 1.807) is 23.2 Å². The zero-order valence-corrected chi connectivity index (χ0v) is 21.1. The van der Waals surface area contributed by atoms with E-state index in [2.05, 4.69) is 10.3 Å². The van der Waals surface area contributed by atoms with Crippen molar-refractivity contribution in [1.29, 1.82) is 0 Å². The van der Waals surface area contributed by atoms with Crippen LogP contribution < -0.4 is 11.1 Å². The van der Waals surface area contributed by atoms with Gasteiger partial charge in [-0.2, -0.15) is 13.2 Å². The molecule has 0 unspecified atom stereocenters. The highest BCUT2D eigenvalue weighted by atomic mass is 19.4. The van der Waals surface area contributed by atoms with Crippen LogP contribution in [-0.4, -0.2) is 69.0 Å². The Morgan fingerprint density at radius 3 is 2.24 bits per heavy atom.